The Hall–Kier alpha value is -1.20. The molecule has 4 fully saturated rings. The van der Waals surface area contributed by atoms with Crippen LogP contribution >= 0.6 is 17.0 Å². The van der Waals surface area contributed by atoms with Crippen molar-refractivity contribution in [2.75, 3.05) is 19.7 Å². The topological polar surface area (TPSA) is 82.4 Å². The Balaban J connectivity index is 0.00000243. The normalized spacial score (nSPS) is 35.5. The summed E-state index contributed by atoms with van der Waals surface area (Å²) < 4.78 is 18.7. The predicted octanol–water partition coefficient (Wildman–Crippen LogP) is 2.27. The number of rotatable bonds is 5. The number of carbonyl (C=O) groups is 2. The van der Waals surface area contributed by atoms with Crippen LogP contribution in [0.2, 0.25) is 0 Å². The Morgan fingerprint density at radius 1 is 1.27 bits per heavy atom. The summed E-state index contributed by atoms with van der Waals surface area (Å²) >= 11 is 0. The van der Waals surface area contributed by atoms with Crippen molar-refractivity contribution in [3.05, 3.63) is 0 Å². The van der Waals surface area contributed by atoms with Gasteiger partial charge in [-0.05, 0) is 45.4 Å². The fraction of sp³-hybridized carbons (Fsp3) is 0.833. The Morgan fingerprint density at radius 3 is 2.42 bits per heavy atom. The van der Waals surface area contributed by atoms with Crippen molar-refractivity contribution in [3.63, 3.8) is 0 Å². The fourth-order valence-electron chi connectivity index (χ4n) is 4.59. The minimum Gasteiger partial charge on any atom is -0.466 e. The summed E-state index contributed by atoms with van der Waals surface area (Å²) in [6.45, 7) is 2.37. The number of hydrogen-bond acceptors (Lipinski definition) is 5. The maximum absolute atomic E-state index is 13.5. The molecule has 3 aliphatic carbocycles. The number of nitrogens with one attached hydrogen (secondary N) is 1. The van der Waals surface area contributed by atoms with E-state index in [4.69, 9.17) is 10.00 Å². The molecule has 0 spiro atoms. The first-order valence-corrected chi connectivity index (χ1v) is 9.19. The highest BCUT2D eigenvalue weighted by molar-refractivity contribution is 8.93. The molecule has 0 aromatic rings. The summed E-state index contributed by atoms with van der Waals surface area (Å²) in [5.41, 5.74) is -0.466. The Morgan fingerprint density at radius 2 is 1.88 bits per heavy atom. The first kappa shape index (κ1) is 21.1. The van der Waals surface area contributed by atoms with Crippen molar-refractivity contribution >= 4 is 28.9 Å². The highest BCUT2D eigenvalue weighted by Gasteiger charge is 2.53. The summed E-state index contributed by atoms with van der Waals surface area (Å²) in [5.74, 6) is -0.295. The van der Waals surface area contributed by atoms with E-state index in [0.717, 1.165) is 38.5 Å². The highest BCUT2D eigenvalue weighted by atomic mass is 79.9. The smallest absolute Gasteiger partial charge is 0.312 e. The molecule has 0 radical (unpaired) electrons. The van der Waals surface area contributed by atoms with E-state index < -0.39 is 12.2 Å². The third-order valence-electron chi connectivity index (χ3n) is 6.29. The molecule has 146 valence electrons. The second kappa shape index (κ2) is 8.22. The van der Waals surface area contributed by atoms with Gasteiger partial charge >= 0.3 is 5.97 Å². The number of likely N-dealkylation sites (tertiary alicyclic amines) is 1. The van der Waals surface area contributed by atoms with Gasteiger partial charge in [0, 0.05) is 12.0 Å². The van der Waals surface area contributed by atoms with Crippen molar-refractivity contribution in [1.29, 1.82) is 5.26 Å². The lowest BCUT2D eigenvalue weighted by Crippen LogP contribution is -2.58. The molecule has 1 N–H and O–H groups in total. The van der Waals surface area contributed by atoms with Gasteiger partial charge in [-0.25, -0.2) is 4.39 Å². The Kier molecular flexibility index (Phi) is 6.67. The van der Waals surface area contributed by atoms with Gasteiger partial charge in [0.05, 0.1) is 31.2 Å². The number of hydrogen-bond donors (Lipinski definition) is 1. The largest absolute Gasteiger partial charge is 0.466 e. The fourth-order valence-corrected chi connectivity index (χ4v) is 4.59. The number of halogens is 2. The van der Waals surface area contributed by atoms with Crippen LogP contribution in [-0.4, -0.2) is 54.2 Å². The third kappa shape index (κ3) is 3.89. The summed E-state index contributed by atoms with van der Waals surface area (Å²) in [6, 6.07) is 1.35. The van der Waals surface area contributed by atoms with Crippen molar-refractivity contribution in [3.8, 4) is 6.07 Å². The van der Waals surface area contributed by atoms with Crippen LogP contribution in [0.25, 0.3) is 0 Å². The standard InChI is InChI=1S/C18H26FN3O3.BrH/c1-2-25-16(24)17-3-6-18(7-4-17,8-5-17)21-11-15(23)22-12-13(19)9-14(22)10-20;/h13-14,21H,2-9,11-12H2,1H3;1H/t13-,14-,17?,18?;/m0./s1. The molecule has 4 rings (SSSR count). The molecule has 1 saturated heterocycles. The van der Waals surface area contributed by atoms with E-state index in [9.17, 15) is 14.0 Å². The molecule has 0 aromatic heterocycles. The monoisotopic (exact) mass is 431 g/mol. The van der Waals surface area contributed by atoms with Crippen LogP contribution in [0.15, 0.2) is 0 Å². The van der Waals surface area contributed by atoms with E-state index in [2.05, 4.69) is 5.32 Å². The lowest BCUT2D eigenvalue weighted by atomic mass is 9.57. The van der Waals surface area contributed by atoms with Gasteiger partial charge in [0.2, 0.25) is 5.91 Å². The zero-order valence-corrected chi connectivity index (χ0v) is 16.8. The second-order valence-corrected chi connectivity index (χ2v) is 7.66. The maximum atomic E-state index is 13.5. The SMILES string of the molecule is Br.CCOC(=O)C12CCC(NCC(=O)N3C[C@@H](F)C[C@H]3C#N)(CC1)CC2. The van der Waals surface area contributed by atoms with E-state index in [1.807, 2.05) is 13.0 Å². The highest BCUT2D eigenvalue weighted by Crippen LogP contribution is 2.52. The van der Waals surface area contributed by atoms with Crippen molar-refractivity contribution in [2.24, 2.45) is 5.41 Å². The maximum Gasteiger partial charge on any atom is 0.312 e. The summed E-state index contributed by atoms with van der Waals surface area (Å²) in [6.07, 6.45) is 3.86. The molecule has 6 nitrogen and oxygen atoms in total. The molecule has 0 aromatic carbocycles. The molecule has 26 heavy (non-hydrogen) atoms. The minimum absolute atomic E-state index is 0. The molecule has 1 amide bonds. The van der Waals surface area contributed by atoms with Gasteiger partial charge in [-0.15, -0.1) is 17.0 Å². The van der Waals surface area contributed by atoms with Crippen LogP contribution in [0.3, 0.4) is 0 Å². The molecule has 8 heteroatoms. The molecule has 2 atom stereocenters. The van der Waals surface area contributed by atoms with E-state index in [1.54, 1.807) is 0 Å². The number of alkyl halides is 1. The summed E-state index contributed by atoms with van der Waals surface area (Å²) in [4.78, 5) is 26.0. The number of nitriles is 1. The quantitative estimate of drug-likeness (QED) is 0.675. The van der Waals surface area contributed by atoms with Gasteiger partial charge in [0.15, 0.2) is 0 Å². The molecule has 3 saturated carbocycles. The van der Waals surface area contributed by atoms with E-state index >= 15 is 0 Å². The van der Waals surface area contributed by atoms with Crippen LogP contribution in [0.1, 0.15) is 51.9 Å². The third-order valence-corrected chi connectivity index (χ3v) is 6.29. The minimum atomic E-state index is -1.11. The van der Waals surface area contributed by atoms with Gasteiger partial charge < -0.3 is 15.0 Å². The number of ether oxygens (including phenoxy) is 1. The molecule has 1 heterocycles. The number of carbonyl (C=O) groups excluding carboxylic acids is 2. The van der Waals surface area contributed by atoms with Gasteiger partial charge in [-0.1, -0.05) is 0 Å². The molecular weight excluding hydrogens is 405 g/mol. The first-order valence-electron chi connectivity index (χ1n) is 9.19. The molecule has 1 aliphatic heterocycles. The molecule has 2 bridgehead atoms. The van der Waals surface area contributed by atoms with E-state index in [0.29, 0.717) is 6.61 Å². The van der Waals surface area contributed by atoms with Crippen LogP contribution in [0, 0.1) is 16.7 Å². The molecule has 0 unspecified atom stereocenters. The van der Waals surface area contributed by atoms with Crippen molar-refractivity contribution < 1.29 is 18.7 Å². The zero-order chi connectivity index (χ0) is 18.1. The number of amides is 1. The van der Waals surface area contributed by atoms with Gasteiger partial charge in [0.25, 0.3) is 0 Å². The van der Waals surface area contributed by atoms with Crippen LogP contribution in [-0.2, 0) is 14.3 Å². The number of esters is 1. The first-order chi connectivity index (χ1) is 11.9. The average molecular weight is 432 g/mol. The van der Waals surface area contributed by atoms with Gasteiger partial charge in [0.1, 0.15) is 12.2 Å². The molecule has 4 aliphatic rings. The number of fused-ring (bicyclic) bond motifs is 3. The lowest BCUT2D eigenvalue weighted by molar-refractivity contribution is -0.163. The van der Waals surface area contributed by atoms with Crippen LogP contribution in [0.5, 0.6) is 0 Å². The van der Waals surface area contributed by atoms with E-state index in [1.165, 1.54) is 4.90 Å². The number of nitrogens with zero attached hydrogens (tertiary/aromatic N) is 2. The van der Waals surface area contributed by atoms with Crippen molar-refractivity contribution in [1.82, 2.24) is 10.2 Å². The summed E-state index contributed by atoms with van der Waals surface area (Å²) in [5, 5.41) is 12.4. The zero-order valence-electron chi connectivity index (χ0n) is 15.1. The van der Waals surface area contributed by atoms with E-state index in [-0.39, 0.29) is 59.3 Å². The van der Waals surface area contributed by atoms with Crippen LogP contribution < -0.4 is 5.32 Å². The summed E-state index contributed by atoms with van der Waals surface area (Å²) in [7, 11) is 0. The lowest BCUT2D eigenvalue weighted by Gasteiger charge is -2.52. The van der Waals surface area contributed by atoms with Gasteiger partial charge in [-0.2, -0.15) is 5.26 Å². The second-order valence-electron chi connectivity index (χ2n) is 7.66. The average Bonchev–Trinajstić information content (AvgIpc) is 3.02. The van der Waals surface area contributed by atoms with Crippen molar-refractivity contribution in [2.45, 2.75) is 69.6 Å². The Bertz CT molecular complexity index is 570. The predicted molar refractivity (Wildman–Crippen MR) is 98.5 cm³/mol. The van der Waals surface area contributed by atoms with Gasteiger partial charge in [-0.3, -0.25) is 9.59 Å². The molecular formula is C18H27BrFN3O3. The Labute approximate surface area is 164 Å². The van der Waals surface area contributed by atoms with Crippen LogP contribution in [0.4, 0.5) is 4.39 Å².